The molecule has 4 rings (SSSR count). The van der Waals surface area contributed by atoms with Gasteiger partial charge >= 0.3 is 0 Å². The van der Waals surface area contributed by atoms with E-state index in [1.54, 1.807) is 23.3 Å². The van der Waals surface area contributed by atoms with Crippen LogP contribution in [0.3, 0.4) is 0 Å². The number of amides is 1. The van der Waals surface area contributed by atoms with Gasteiger partial charge in [0, 0.05) is 29.3 Å². The second-order valence-corrected chi connectivity index (χ2v) is 6.92. The summed E-state index contributed by atoms with van der Waals surface area (Å²) in [5, 5.41) is 9.01. The average molecular weight is 391 g/mol. The maximum Gasteiger partial charge on any atom is 0.254 e. The van der Waals surface area contributed by atoms with Gasteiger partial charge in [0.15, 0.2) is 0 Å². The maximum atomic E-state index is 12.4. The number of hydrogen-bond acceptors (Lipinski definition) is 3. The highest BCUT2D eigenvalue weighted by Gasteiger charge is 2.10. The van der Waals surface area contributed by atoms with Crippen LogP contribution in [0, 0.1) is 0 Å². The molecule has 0 fully saturated rings. The first-order valence-corrected chi connectivity index (χ1v) is 9.45. The van der Waals surface area contributed by atoms with Crippen molar-refractivity contribution < 1.29 is 4.79 Å². The van der Waals surface area contributed by atoms with E-state index in [9.17, 15) is 4.79 Å². The van der Waals surface area contributed by atoms with Gasteiger partial charge in [0.1, 0.15) is 0 Å². The van der Waals surface area contributed by atoms with Gasteiger partial charge in [0.2, 0.25) is 0 Å². The fourth-order valence-corrected chi connectivity index (χ4v) is 3.35. The molecule has 0 spiro atoms. The van der Waals surface area contributed by atoms with Crippen molar-refractivity contribution in [2.75, 3.05) is 6.54 Å². The molecular weight excluding hydrogens is 372 g/mol. The van der Waals surface area contributed by atoms with Crippen LogP contribution in [0.4, 0.5) is 0 Å². The monoisotopic (exact) mass is 390 g/mol. The number of pyridine rings is 1. The molecule has 4 aromatic rings. The lowest BCUT2D eigenvalue weighted by Gasteiger charge is -2.07. The number of benzene rings is 2. The molecule has 28 heavy (non-hydrogen) atoms. The lowest BCUT2D eigenvalue weighted by atomic mass is 10.1. The third-order valence-electron chi connectivity index (χ3n) is 4.58. The Morgan fingerprint density at radius 1 is 1.04 bits per heavy atom. The van der Waals surface area contributed by atoms with E-state index in [0.717, 1.165) is 22.0 Å². The minimum atomic E-state index is -0.140. The Morgan fingerprint density at radius 2 is 1.86 bits per heavy atom. The van der Waals surface area contributed by atoms with Gasteiger partial charge in [-0.3, -0.25) is 14.5 Å². The fourth-order valence-electron chi connectivity index (χ4n) is 3.15. The number of nitrogens with zero attached hydrogens (tertiary/aromatic N) is 3. The molecule has 2 aromatic carbocycles. The number of carbonyl (C=O) groups is 1. The van der Waals surface area contributed by atoms with Gasteiger partial charge < -0.3 is 5.32 Å². The quantitative estimate of drug-likeness (QED) is 0.539. The highest BCUT2D eigenvalue weighted by Crippen LogP contribution is 2.17. The predicted octanol–water partition coefficient (Wildman–Crippen LogP) is 4.11. The fraction of sp³-hybridized carbons (Fsp3) is 0.136. The lowest BCUT2D eigenvalue weighted by Crippen LogP contribution is -2.25. The molecule has 0 aliphatic heterocycles. The van der Waals surface area contributed by atoms with Crippen LogP contribution in [0.15, 0.2) is 73.2 Å². The van der Waals surface area contributed by atoms with Crippen molar-refractivity contribution in [3.8, 4) is 0 Å². The van der Waals surface area contributed by atoms with Crippen LogP contribution in [0.1, 0.15) is 21.5 Å². The molecule has 6 heteroatoms. The first kappa shape index (κ1) is 18.2. The zero-order valence-electron chi connectivity index (χ0n) is 15.2. The van der Waals surface area contributed by atoms with Crippen molar-refractivity contribution in [2.45, 2.75) is 13.0 Å². The number of nitrogens with one attached hydrogen (secondary N) is 1. The Morgan fingerprint density at radius 3 is 2.75 bits per heavy atom. The van der Waals surface area contributed by atoms with E-state index in [-0.39, 0.29) is 5.91 Å². The van der Waals surface area contributed by atoms with Crippen LogP contribution < -0.4 is 5.32 Å². The molecular formula is C22H19ClN4O. The maximum absolute atomic E-state index is 12.4. The Labute approximate surface area is 168 Å². The summed E-state index contributed by atoms with van der Waals surface area (Å²) in [4.78, 5) is 16.9. The van der Waals surface area contributed by atoms with Crippen molar-refractivity contribution in [2.24, 2.45) is 0 Å². The summed E-state index contributed by atoms with van der Waals surface area (Å²) in [7, 11) is 0. The highest BCUT2D eigenvalue weighted by molar-refractivity contribution is 6.31. The minimum Gasteiger partial charge on any atom is -0.352 e. The number of rotatable bonds is 6. The smallest absolute Gasteiger partial charge is 0.254 e. The largest absolute Gasteiger partial charge is 0.352 e. The summed E-state index contributed by atoms with van der Waals surface area (Å²) in [6.07, 6.45) is 5.81. The summed E-state index contributed by atoms with van der Waals surface area (Å²) in [6, 6.07) is 17.7. The molecule has 2 aromatic heterocycles. The molecule has 0 bridgehead atoms. The van der Waals surface area contributed by atoms with E-state index in [2.05, 4.69) is 15.4 Å². The van der Waals surface area contributed by atoms with E-state index in [1.807, 2.05) is 54.6 Å². The zero-order valence-corrected chi connectivity index (χ0v) is 15.9. The molecule has 0 atom stereocenters. The Kier molecular flexibility index (Phi) is 5.35. The Balaban J connectivity index is 1.37. The molecule has 1 N–H and O–H groups in total. The number of hydrogen-bond donors (Lipinski definition) is 1. The molecule has 0 radical (unpaired) electrons. The number of fused-ring (bicyclic) bond motifs is 1. The molecule has 140 valence electrons. The Bertz CT molecular complexity index is 1120. The van der Waals surface area contributed by atoms with Crippen LogP contribution in [0.5, 0.6) is 0 Å². The van der Waals surface area contributed by atoms with E-state index in [4.69, 9.17) is 11.6 Å². The molecule has 0 unspecified atom stereocenters. The van der Waals surface area contributed by atoms with Crippen LogP contribution in [-0.2, 0) is 13.0 Å². The molecule has 0 saturated carbocycles. The van der Waals surface area contributed by atoms with Crippen molar-refractivity contribution >= 4 is 28.4 Å². The van der Waals surface area contributed by atoms with Gasteiger partial charge in [-0.15, -0.1) is 0 Å². The summed E-state index contributed by atoms with van der Waals surface area (Å²) < 4.78 is 1.71. The number of aromatic nitrogens is 3. The Hall–Kier alpha value is -3.18. The minimum absolute atomic E-state index is 0.140. The molecule has 5 nitrogen and oxygen atoms in total. The topological polar surface area (TPSA) is 59.8 Å². The number of carbonyl (C=O) groups excluding carboxylic acids is 1. The van der Waals surface area contributed by atoms with Crippen molar-refractivity contribution in [3.05, 3.63) is 94.9 Å². The average Bonchev–Trinajstić information content (AvgIpc) is 3.19. The summed E-state index contributed by atoms with van der Waals surface area (Å²) >= 11 is 6.19. The van der Waals surface area contributed by atoms with E-state index < -0.39 is 0 Å². The molecule has 1 amide bonds. The molecule has 0 aliphatic carbocycles. The van der Waals surface area contributed by atoms with Crippen LogP contribution in [-0.4, -0.2) is 27.2 Å². The molecule has 0 saturated heterocycles. The van der Waals surface area contributed by atoms with Gasteiger partial charge in [0.25, 0.3) is 5.91 Å². The SMILES string of the molecule is O=C(NCCc1cccc2cccnc12)c1cnn(Cc2ccccc2Cl)c1. The van der Waals surface area contributed by atoms with Crippen molar-refractivity contribution in [3.63, 3.8) is 0 Å². The predicted molar refractivity (Wildman–Crippen MR) is 111 cm³/mol. The first-order valence-electron chi connectivity index (χ1n) is 9.07. The lowest BCUT2D eigenvalue weighted by molar-refractivity contribution is 0.0954. The molecule has 2 heterocycles. The summed E-state index contributed by atoms with van der Waals surface area (Å²) in [5.41, 5.74) is 3.59. The third-order valence-corrected chi connectivity index (χ3v) is 4.95. The second kappa shape index (κ2) is 8.23. The van der Waals surface area contributed by atoms with Crippen LogP contribution >= 0.6 is 11.6 Å². The number of para-hydroxylation sites is 1. The highest BCUT2D eigenvalue weighted by atomic mass is 35.5. The molecule has 0 aliphatic rings. The third kappa shape index (κ3) is 4.05. The summed E-state index contributed by atoms with van der Waals surface area (Å²) in [5.74, 6) is -0.140. The zero-order chi connectivity index (χ0) is 19.3. The van der Waals surface area contributed by atoms with Gasteiger partial charge in [-0.05, 0) is 29.7 Å². The van der Waals surface area contributed by atoms with E-state index >= 15 is 0 Å². The van der Waals surface area contributed by atoms with Crippen molar-refractivity contribution in [1.29, 1.82) is 0 Å². The van der Waals surface area contributed by atoms with E-state index in [1.165, 1.54) is 0 Å². The van der Waals surface area contributed by atoms with Gasteiger partial charge in [-0.2, -0.15) is 5.10 Å². The summed E-state index contributed by atoms with van der Waals surface area (Å²) in [6.45, 7) is 1.05. The van der Waals surface area contributed by atoms with E-state index in [0.29, 0.717) is 30.1 Å². The number of halogens is 1. The van der Waals surface area contributed by atoms with Crippen LogP contribution in [0.2, 0.25) is 5.02 Å². The second-order valence-electron chi connectivity index (χ2n) is 6.52. The normalized spacial score (nSPS) is 10.9. The van der Waals surface area contributed by atoms with Gasteiger partial charge in [0.05, 0.1) is 23.8 Å². The standard InChI is InChI=1S/C22H19ClN4O/c23-20-9-2-1-5-18(20)14-27-15-19(13-26-27)22(28)25-12-10-17-7-3-6-16-8-4-11-24-21(16)17/h1-9,11,13,15H,10,12,14H2,(H,25,28). The first-order chi connectivity index (χ1) is 13.7. The van der Waals surface area contributed by atoms with Crippen LogP contribution in [0.25, 0.3) is 10.9 Å². The van der Waals surface area contributed by atoms with Gasteiger partial charge in [-0.1, -0.05) is 54.1 Å². The van der Waals surface area contributed by atoms with Gasteiger partial charge in [-0.25, -0.2) is 0 Å². The van der Waals surface area contributed by atoms with Crippen molar-refractivity contribution in [1.82, 2.24) is 20.1 Å².